The fraction of sp³-hybridized carbons (Fsp3) is 0.556. The van der Waals surface area contributed by atoms with Gasteiger partial charge in [-0.15, -0.1) is 11.8 Å². The lowest BCUT2D eigenvalue weighted by molar-refractivity contribution is -0.122. The average Bonchev–Trinajstić information content (AvgIpc) is 2.89. The number of amides is 2. The fourth-order valence-electron chi connectivity index (χ4n) is 3.39. The molecule has 0 saturated heterocycles. The number of thioether (sulfide) groups is 1. The molecule has 0 aromatic heterocycles. The third kappa shape index (κ3) is 5.03. The number of sulfonamides is 1. The smallest absolute Gasteiger partial charge is 0.243 e. The first-order chi connectivity index (χ1) is 12.9. The van der Waals surface area contributed by atoms with Gasteiger partial charge in [-0.1, -0.05) is 25.7 Å². The lowest BCUT2D eigenvalue weighted by atomic mass is 10.1. The van der Waals surface area contributed by atoms with E-state index in [-0.39, 0.29) is 29.3 Å². The Labute approximate surface area is 164 Å². The molecule has 27 heavy (non-hydrogen) atoms. The van der Waals surface area contributed by atoms with Crippen LogP contribution in [0.4, 0.5) is 5.69 Å². The van der Waals surface area contributed by atoms with Gasteiger partial charge in [-0.3, -0.25) is 9.59 Å². The summed E-state index contributed by atoms with van der Waals surface area (Å²) in [6, 6.07) is 4.78. The van der Waals surface area contributed by atoms with Crippen LogP contribution in [-0.2, 0) is 19.6 Å². The van der Waals surface area contributed by atoms with Gasteiger partial charge in [0.15, 0.2) is 0 Å². The standard InChI is InChI=1S/C18H25N3O4S2/c1-21(11-17(22)19-13-6-4-2-3-5-7-13)27(24,25)14-8-9-16-15(10-14)20-18(23)12-26-16/h8-10,13H,2-7,11-12H2,1H3,(H,19,22)(H,20,23). The van der Waals surface area contributed by atoms with E-state index in [4.69, 9.17) is 0 Å². The second-order valence-electron chi connectivity index (χ2n) is 7.01. The van der Waals surface area contributed by atoms with E-state index in [0.717, 1.165) is 34.9 Å². The first kappa shape index (κ1) is 20.2. The second kappa shape index (κ2) is 8.62. The van der Waals surface area contributed by atoms with Gasteiger partial charge in [0, 0.05) is 18.0 Å². The van der Waals surface area contributed by atoms with Gasteiger partial charge in [-0.05, 0) is 31.0 Å². The highest BCUT2D eigenvalue weighted by Crippen LogP contribution is 2.33. The van der Waals surface area contributed by atoms with Crippen molar-refractivity contribution in [3.8, 4) is 0 Å². The van der Waals surface area contributed by atoms with Crippen LogP contribution in [-0.4, -0.2) is 49.9 Å². The van der Waals surface area contributed by atoms with Crippen molar-refractivity contribution in [1.82, 2.24) is 9.62 Å². The van der Waals surface area contributed by atoms with Gasteiger partial charge in [0.25, 0.3) is 0 Å². The topological polar surface area (TPSA) is 95.6 Å². The van der Waals surface area contributed by atoms with E-state index >= 15 is 0 Å². The van der Waals surface area contributed by atoms with Crippen LogP contribution >= 0.6 is 11.8 Å². The molecule has 0 bridgehead atoms. The van der Waals surface area contributed by atoms with Crippen LogP contribution in [0.2, 0.25) is 0 Å². The molecule has 9 heteroatoms. The molecule has 0 atom stereocenters. The van der Waals surface area contributed by atoms with E-state index in [1.54, 1.807) is 6.07 Å². The maximum absolute atomic E-state index is 12.8. The quantitative estimate of drug-likeness (QED) is 0.724. The first-order valence-electron chi connectivity index (χ1n) is 9.18. The van der Waals surface area contributed by atoms with Gasteiger partial charge in [-0.2, -0.15) is 4.31 Å². The third-order valence-corrected chi connectivity index (χ3v) is 7.75. The Bertz CT molecular complexity index is 818. The predicted octanol–water partition coefficient (Wildman–Crippen LogP) is 2.19. The number of benzene rings is 1. The maximum Gasteiger partial charge on any atom is 0.243 e. The lowest BCUT2D eigenvalue weighted by Gasteiger charge is -2.22. The summed E-state index contributed by atoms with van der Waals surface area (Å²) in [5.41, 5.74) is 0.494. The monoisotopic (exact) mass is 411 g/mol. The molecule has 1 saturated carbocycles. The zero-order chi connectivity index (χ0) is 19.4. The van der Waals surface area contributed by atoms with Crippen molar-refractivity contribution in [3.05, 3.63) is 18.2 Å². The molecule has 1 aliphatic heterocycles. The number of rotatable bonds is 5. The largest absolute Gasteiger partial charge is 0.352 e. The molecular weight excluding hydrogens is 386 g/mol. The van der Waals surface area contributed by atoms with Gasteiger partial charge in [0.1, 0.15) is 0 Å². The van der Waals surface area contributed by atoms with E-state index in [1.165, 1.54) is 43.8 Å². The summed E-state index contributed by atoms with van der Waals surface area (Å²) in [5, 5.41) is 5.65. The molecule has 0 radical (unpaired) electrons. The summed E-state index contributed by atoms with van der Waals surface area (Å²) in [7, 11) is -2.42. The summed E-state index contributed by atoms with van der Waals surface area (Å²) < 4.78 is 26.7. The summed E-state index contributed by atoms with van der Waals surface area (Å²) in [6.45, 7) is -0.225. The van der Waals surface area contributed by atoms with E-state index in [2.05, 4.69) is 10.6 Å². The van der Waals surface area contributed by atoms with Crippen LogP contribution in [0.3, 0.4) is 0 Å². The summed E-state index contributed by atoms with van der Waals surface area (Å²) in [6.07, 6.45) is 6.46. The van der Waals surface area contributed by atoms with E-state index in [1.807, 2.05) is 0 Å². The molecule has 7 nitrogen and oxygen atoms in total. The Hall–Kier alpha value is -1.58. The predicted molar refractivity (Wildman–Crippen MR) is 105 cm³/mol. The molecule has 1 aromatic carbocycles. The number of carbonyl (C=O) groups excluding carboxylic acids is 2. The average molecular weight is 412 g/mol. The van der Waals surface area contributed by atoms with Crippen LogP contribution in [0.25, 0.3) is 0 Å². The fourth-order valence-corrected chi connectivity index (χ4v) is 5.33. The van der Waals surface area contributed by atoms with Crippen molar-refractivity contribution < 1.29 is 18.0 Å². The van der Waals surface area contributed by atoms with Crippen molar-refractivity contribution in [2.45, 2.75) is 54.4 Å². The molecule has 2 aliphatic rings. The van der Waals surface area contributed by atoms with Crippen molar-refractivity contribution in [1.29, 1.82) is 0 Å². The zero-order valence-electron chi connectivity index (χ0n) is 15.4. The molecule has 3 rings (SSSR count). The maximum atomic E-state index is 12.8. The summed E-state index contributed by atoms with van der Waals surface area (Å²) >= 11 is 1.37. The molecule has 1 fully saturated rings. The van der Waals surface area contributed by atoms with Crippen molar-refractivity contribution in [3.63, 3.8) is 0 Å². The summed E-state index contributed by atoms with van der Waals surface area (Å²) in [5.74, 6) is -0.117. The molecule has 1 aromatic rings. The Kier molecular flexibility index (Phi) is 6.44. The van der Waals surface area contributed by atoms with Crippen molar-refractivity contribution in [2.75, 3.05) is 24.7 Å². The molecule has 1 aliphatic carbocycles. The minimum atomic E-state index is -3.82. The van der Waals surface area contributed by atoms with Gasteiger partial charge < -0.3 is 10.6 Å². The third-order valence-electron chi connectivity index (χ3n) is 4.88. The first-order valence-corrected chi connectivity index (χ1v) is 11.6. The number of likely N-dealkylation sites (N-methyl/N-ethyl adjacent to an activating group) is 1. The molecular formula is C18H25N3O4S2. The van der Waals surface area contributed by atoms with Gasteiger partial charge in [-0.25, -0.2) is 8.42 Å². The number of hydrogen-bond donors (Lipinski definition) is 2. The molecule has 148 valence electrons. The highest BCUT2D eigenvalue weighted by atomic mass is 32.2. The minimum Gasteiger partial charge on any atom is -0.352 e. The van der Waals surface area contributed by atoms with E-state index in [9.17, 15) is 18.0 Å². The number of hydrogen-bond acceptors (Lipinski definition) is 5. The minimum absolute atomic E-state index is 0.0637. The Morgan fingerprint density at radius 3 is 2.67 bits per heavy atom. The highest BCUT2D eigenvalue weighted by molar-refractivity contribution is 8.00. The number of fused-ring (bicyclic) bond motifs is 1. The summed E-state index contributed by atoms with van der Waals surface area (Å²) in [4.78, 5) is 24.7. The van der Waals surface area contributed by atoms with Crippen LogP contribution in [0.15, 0.2) is 28.0 Å². The van der Waals surface area contributed by atoms with Gasteiger partial charge >= 0.3 is 0 Å². The van der Waals surface area contributed by atoms with Crippen LogP contribution in [0.1, 0.15) is 38.5 Å². The van der Waals surface area contributed by atoms with E-state index < -0.39 is 10.0 Å². The molecule has 2 amide bonds. The van der Waals surface area contributed by atoms with E-state index in [0.29, 0.717) is 11.4 Å². The SMILES string of the molecule is CN(CC(=O)NC1CCCCCC1)S(=O)(=O)c1ccc2c(c1)NC(=O)CS2. The Balaban J connectivity index is 1.66. The second-order valence-corrected chi connectivity index (χ2v) is 10.1. The Morgan fingerprint density at radius 2 is 1.96 bits per heavy atom. The van der Waals surface area contributed by atoms with Gasteiger partial charge in [0.2, 0.25) is 21.8 Å². The lowest BCUT2D eigenvalue weighted by Crippen LogP contribution is -2.42. The van der Waals surface area contributed by atoms with Crippen LogP contribution in [0.5, 0.6) is 0 Å². The number of nitrogens with zero attached hydrogens (tertiary/aromatic N) is 1. The molecule has 0 spiro atoms. The van der Waals surface area contributed by atoms with Crippen LogP contribution in [0, 0.1) is 0 Å². The van der Waals surface area contributed by atoms with Crippen molar-refractivity contribution >= 4 is 39.3 Å². The molecule has 0 unspecified atom stereocenters. The van der Waals surface area contributed by atoms with Crippen LogP contribution < -0.4 is 10.6 Å². The van der Waals surface area contributed by atoms with Crippen molar-refractivity contribution in [2.24, 2.45) is 0 Å². The molecule has 2 N–H and O–H groups in total. The number of nitrogens with one attached hydrogen (secondary N) is 2. The normalized spacial score (nSPS) is 18.5. The number of carbonyl (C=O) groups is 2. The zero-order valence-corrected chi connectivity index (χ0v) is 17.0. The number of anilines is 1. The highest BCUT2D eigenvalue weighted by Gasteiger charge is 2.26. The Morgan fingerprint density at radius 1 is 1.26 bits per heavy atom. The van der Waals surface area contributed by atoms with Gasteiger partial charge in [0.05, 0.1) is 22.9 Å². The molecule has 1 heterocycles.